The maximum Gasteiger partial charge on any atom is 0.408 e. The van der Waals surface area contributed by atoms with Gasteiger partial charge in [-0.15, -0.1) is 0 Å². The maximum absolute atomic E-state index is 11.8. The zero-order valence-corrected chi connectivity index (χ0v) is 13.8. The van der Waals surface area contributed by atoms with E-state index in [2.05, 4.69) is 5.32 Å². The first-order valence-corrected chi connectivity index (χ1v) is 7.32. The van der Waals surface area contributed by atoms with Gasteiger partial charge in [-0.2, -0.15) is 0 Å². The van der Waals surface area contributed by atoms with Gasteiger partial charge in [-0.1, -0.05) is 30.3 Å². The highest BCUT2D eigenvalue weighted by atomic mass is 16.6. The van der Waals surface area contributed by atoms with Crippen LogP contribution in [-0.4, -0.2) is 35.0 Å². The van der Waals surface area contributed by atoms with Gasteiger partial charge in [0, 0.05) is 0 Å². The Bertz CT molecular complexity index is 513. The molecule has 2 amide bonds. The molecule has 1 aromatic carbocycles. The highest BCUT2D eigenvalue weighted by Gasteiger charge is 2.29. The Morgan fingerprint density at radius 1 is 1.22 bits per heavy atom. The lowest BCUT2D eigenvalue weighted by Crippen LogP contribution is -2.53. The topological polar surface area (TPSA) is 96.9 Å². The summed E-state index contributed by atoms with van der Waals surface area (Å²) in [5, 5.41) is 11.2. The third-order valence-corrected chi connectivity index (χ3v) is 2.89. The average Bonchev–Trinajstić information content (AvgIpc) is 2.49. The van der Waals surface area contributed by atoms with Crippen molar-refractivity contribution in [1.82, 2.24) is 10.8 Å². The van der Waals surface area contributed by atoms with Crippen LogP contribution >= 0.6 is 0 Å². The van der Waals surface area contributed by atoms with E-state index >= 15 is 0 Å². The van der Waals surface area contributed by atoms with Gasteiger partial charge in [-0.25, -0.2) is 10.3 Å². The minimum Gasteiger partial charge on any atom is -0.444 e. The number of amides is 2. The van der Waals surface area contributed by atoms with E-state index in [9.17, 15) is 9.59 Å². The number of benzene rings is 1. The molecule has 7 heteroatoms. The molecule has 1 aromatic rings. The van der Waals surface area contributed by atoms with Crippen LogP contribution in [-0.2, 0) is 20.9 Å². The van der Waals surface area contributed by atoms with Crippen molar-refractivity contribution in [2.24, 2.45) is 0 Å². The number of hydrogen-bond acceptors (Lipinski definition) is 5. The zero-order valence-electron chi connectivity index (χ0n) is 13.8. The lowest BCUT2D eigenvalue weighted by molar-refractivity contribution is -0.135. The first-order chi connectivity index (χ1) is 10.7. The van der Waals surface area contributed by atoms with Crippen LogP contribution in [0, 0.1) is 0 Å². The predicted molar refractivity (Wildman–Crippen MR) is 83.8 cm³/mol. The summed E-state index contributed by atoms with van der Waals surface area (Å²) in [7, 11) is 0. The van der Waals surface area contributed by atoms with Crippen molar-refractivity contribution >= 4 is 12.0 Å². The molecule has 3 N–H and O–H groups in total. The smallest absolute Gasteiger partial charge is 0.408 e. The molecule has 0 spiro atoms. The summed E-state index contributed by atoms with van der Waals surface area (Å²) >= 11 is 0. The van der Waals surface area contributed by atoms with E-state index in [0.29, 0.717) is 0 Å². The molecular weight excluding hydrogens is 300 g/mol. The second-order valence-electron chi connectivity index (χ2n) is 6.10. The summed E-state index contributed by atoms with van der Waals surface area (Å²) in [6.07, 6.45) is -1.43. The van der Waals surface area contributed by atoms with Crippen LogP contribution in [0.5, 0.6) is 0 Å². The molecule has 0 saturated carbocycles. The SMILES string of the molecule is C[C@@H](OCc1ccccc1)[C@H](NC(=O)OC(C)(C)C)C(=O)NO. The lowest BCUT2D eigenvalue weighted by atomic mass is 10.1. The number of ether oxygens (including phenoxy) is 2. The van der Waals surface area contributed by atoms with Gasteiger partial charge in [0.25, 0.3) is 5.91 Å². The molecule has 0 aliphatic heterocycles. The zero-order chi connectivity index (χ0) is 17.5. The molecule has 0 saturated heterocycles. The van der Waals surface area contributed by atoms with Crippen molar-refractivity contribution in [3.8, 4) is 0 Å². The van der Waals surface area contributed by atoms with Crippen LogP contribution in [0.4, 0.5) is 4.79 Å². The Morgan fingerprint density at radius 3 is 2.35 bits per heavy atom. The minimum atomic E-state index is -1.08. The van der Waals surface area contributed by atoms with Gasteiger partial charge >= 0.3 is 6.09 Å². The fraction of sp³-hybridized carbons (Fsp3) is 0.500. The number of carbonyl (C=O) groups is 2. The number of hydroxylamine groups is 1. The summed E-state index contributed by atoms with van der Waals surface area (Å²) in [4.78, 5) is 23.6. The highest BCUT2D eigenvalue weighted by molar-refractivity contribution is 5.85. The number of alkyl carbamates (subject to hydrolysis) is 1. The van der Waals surface area contributed by atoms with Gasteiger partial charge < -0.3 is 14.8 Å². The molecule has 1 rings (SSSR count). The summed E-state index contributed by atoms with van der Waals surface area (Å²) in [6, 6.07) is 8.32. The van der Waals surface area contributed by atoms with Crippen molar-refractivity contribution in [1.29, 1.82) is 0 Å². The van der Waals surface area contributed by atoms with Gasteiger partial charge in [0.2, 0.25) is 0 Å². The van der Waals surface area contributed by atoms with Gasteiger partial charge in [0.05, 0.1) is 12.7 Å². The monoisotopic (exact) mass is 324 g/mol. The van der Waals surface area contributed by atoms with Gasteiger partial charge in [0.1, 0.15) is 11.6 Å². The Morgan fingerprint density at radius 2 is 1.83 bits per heavy atom. The van der Waals surface area contributed by atoms with Gasteiger partial charge in [0.15, 0.2) is 0 Å². The van der Waals surface area contributed by atoms with Crippen LogP contribution < -0.4 is 10.8 Å². The van der Waals surface area contributed by atoms with Crippen LogP contribution in [0.1, 0.15) is 33.3 Å². The molecule has 0 heterocycles. The Hall–Kier alpha value is -2.12. The van der Waals surface area contributed by atoms with E-state index in [0.717, 1.165) is 5.56 Å². The molecule has 0 aliphatic rings. The summed E-state index contributed by atoms with van der Waals surface area (Å²) in [6.45, 7) is 7.03. The fourth-order valence-electron chi connectivity index (χ4n) is 1.80. The Balaban J connectivity index is 2.65. The Kier molecular flexibility index (Phi) is 6.99. The third kappa shape index (κ3) is 7.12. The molecular formula is C16H24N2O5. The van der Waals surface area contributed by atoms with E-state index in [1.807, 2.05) is 30.3 Å². The summed E-state index contributed by atoms with van der Waals surface area (Å²) in [5.41, 5.74) is 1.76. The van der Waals surface area contributed by atoms with Crippen molar-refractivity contribution in [2.45, 2.75) is 52.0 Å². The molecule has 7 nitrogen and oxygen atoms in total. The summed E-state index contributed by atoms with van der Waals surface area (Å²) < 4.78 is 10.7. The quantitative estimate of drug-likeness (QED) is 0.549. The van der Waals surface area contributed by atoms with Crippen LogP contribution in [0.15, 0.2) is 30.3 Å². The van der Waals surface area contributed by atoms with E-state index in [-0.39, 0.29) is 6.61 Å². The molecule has 0 aromatic heterocycles. The number of carbonyl (C=O) groups excluding carboxylic acids is 2. The van der Waals surface area contributed by atoms with Gasteiger partial charge in [-0.3, -0.25) is 10.0 Å². The lowest BCUT2D eigenvalue weighted by Gasteiger charge is -2.26. The first kappa shape index (κ1) is 18.9. The first-order valence-electron chi connectivity index (χ1n) is 7.32. The van der Waals surface area contributed by atoms with Crippen molar-refractivity contribution in [3.63, 3.8) is 0 Å². The van der Waals surface area contributed by atoms with E-state index in [1.54, 1.807) is 27.7 Å². The van der Waals surface area contributed by atoms with Gasteiger partial charge in [-0.05, 0) is 33.3 Å². The third-order valence-electron chi connectivity index (χ3n) is 2.89. The Labute approximate surface area is 135 Å². The molecule has 128 valence electrons. The van der Waals surface area contributed by atoms with E-state index in [1.165, 1.54) is 5.48 Å². The molecule has 0 fully saturated rings. The minimum absolute atomic E-state index is 0.271. The molecule has 0 radical (unpaired) electrons. The molecule has 0 aliphatic carbocycles. The second-order valence-corrected chi connectivity index (χ2v) is 6.10. The normalized spacial score (nSPS) is 13.8. The number of hydrogen-bond donors (Lipinski definition) is 3. The number of nitrogens with one attached hydrogen (secondary N) is 2. The molecule has 0 unspecified atom stereocenters. The van der Waals surface area contributed by atoms with Crippen LogP contribution in [0.2, 0.25) is 0 Å². The largest absolute Gasteiger partial charge is 0.444 e. The molecule has 0 bridgehead atoms. The fourth-order valence-corrected chi connectivity index (χ4v) is 1.80. The number of rotatable bonds is 6. The molecule has 2 atom stereocenters. The maximum atomic E-state index is 11.8. The van der Waals surface area contributed by atoms with Crippen LogP contribution in [0.3, 0.4) is 0 Å². The average molecular weight is 324 g/mol. The highest BCUT2D eigenvalue weighted by Crippen LogP contribution is 2.10. The summed E-state index contributed by atoms with van der Waals surface area (Å²) in [5.74, 6) is -0.781. The predicted octanol–water partition coefficient (Wildman–Crippen LogP) is 1.99. The molecule has 23 heavy (non-hydrogen) atoms. The van der Waals surface area contributed by atoms with Crippen molar-refractivity contribution < 1.29 is 24.3 Å². The van der Waals surface area contributed by atoms with Crippen LogP contribution in [0.25, 0.3) is 0 Å². The van der Waals surface area contributed by atoms with Crippen molar-refractivity contribution in [2.75, 3.05) is 0 Å². The standard InChI is InChI=1S/C16H24N2O5/c1-11(22-10-12-8-6-5-7-9-12)13(14(19)18-21)17-15(20)23-16(2,3)4/h5-9,11,13,21H,10H2,1-4H3,(H,17,20)(H,18,19)/t11-,13+/m1/s1. The van der Waals surface area contributed by atoms with E-state index < -0.39 is 29.7 Å². The second kappa shape index (κ2) is 8.50. The van der Waals surface area contributed by atoms with Crippen molar-refractivity contribution in [3.05, 3.63) is 35.9 Å². The van der Waals surface area contributed by atoms with E-state index in [4.69, 9.17) is 14.7 Å².